The normalized spacial score (nSPS) is 24.5. The van der Waals surface area contributed by atoms with Crippen molar-refractivity contribution in [2.45, 2.75) is 32.9 Å². The third kappa shape index (κ3) is 3.94. The minimum Gasteiger partial charge on any atom is -0.314 e. The van der Waals surface area contributed by atoms with Gasteiger partial charge in [0.05, 0.1) is 0 Å². The Hall–Kier alpha value is 0.500. The van der Waals surface area contributed by atoms with Gasteiger partial charge in [0.1, 0.15) is 0 Å². The van der Waals surface area contributed by atoms with Gasteiger partial charge in [0.25, 0.3) is 0 Å². The Bertz CT molecular complexity index is 109. The molecule has 4 heteroatoms. The van der Waals surface area contributed by atoms with Crippen LogP contribution in [0.15, 0.2) is 0 Å². The zero-order valence-electron chi connectivity index (χ0n) is 8.04. The van der Waals surface area contributed by atoms with E-state index in [0.29, 0.717) is 12.1 Å². The molecule has 1 saturated heterocycles. The summed E-state index contributed by atoms with van der Waals surface area (Å²) in [6.45, 7) is 10.3. The van der Waals surface area contributed by atoms with Crippen LogP contribution in [0.25, 0.3) is 0 Å². The fraction of sp³-hybridized carbons (Fsp3) is 1.00. The average Bonchev–Trinajstić information content (AvgIpc) is 1.88. The van der Waals surface area contributed by atoms with Crippen LogP contribution in [0.4, 0.5) is 0 Å². The Labute approximate surface area is 87.9 Å². The molecular weight excluding hydrogens is 195 g/mol. The number of hydrogen-bond donors (Lipinski definition) is 1. The zero-order valence-corrected chi connectivity index (χ0v) is 9.67. The second-order valence-corrected chi connectivity index (χ2v) is 3.38. The van der Waals surface area contributed by atoms with Crippen molar-refractivity contribution in [1.82, 2.24) is 10.2 Å². The first kappa shape index (κ1) is 15.0. The topological polar surface area (TPSA) is 15.3 Å². The van der Waals surface area contributed by atoms with Gasteiger partial charge in [-0.2, -0.15) is 0 Å². The molecule has 0 bridgehead atoms. The highest BCUT2D eigenvalue weighted by molar-refractivity contribution is 5.85. The van der Waals surface area contributed by atoms with E-state index in [1.807, 2.05) is 0 Å². The standard InChI is InChI=1S/C8H18N2.2ClH/c1-7(2)10-5-4-9-6-8(10)3;;/h7-9H,4-6H2,1-3H3;2*1H/t8-;;/m0../s1. The van der Waals surface area contributed by atoms with Gasteiger partial charge in [-0.3, -0.25) is 4.90 Å². The summed E-state index contributed by atoms with van der Waals surface area (Å²) >= 11 is 0. The largest absolute Gasteiger partial charge is 0.314 e. The summed E-state index contributed by atoms with van der Waals surface area (Å²) in [5.41, 5.74) is 0. The van der Waals surface area contributed by atoms with Gasteiger partial charge in [-0.15, -0.1) is 24.8 Å². The average molecular weight is 215 g/mol. The van der Waals surface area contributed by atoms with Crippen molar-refractivity contribution in [3.05, 3.63) is 0 Å². The molecule has 0 radical (unpaired) electrons. The smallest absolute Gasteiger partial charge is 0.0195 e. The predicted molar refractivity (Wildman–Crippen MR) is 58.7 cm³/mol. The molecule has 1 heterocycles. The number of hydrogen-bond acceptors (Lipinski definition) is 2. The highest BCUT2D eigenvalue weighted by Gasteiger charge is 2.19. The maximum absolute atomic E-state index is 3.38. The van der Waals surface area contributed by atoms with E-state index in [2.05, 4.69) is 31.0 Å². The number of rotatable bonds is 1. The molecule has 12 heavy (non-hydrogen) atoms. The third-order valence-corrected chi connectivity index (χ3v) is 2.22. The van der Waals surface area contributed by atoms with Crippen molar-refractivity contribution < 1.29 is 0 Å². The van der Waals surface area contributed by atoms with Gasteiger partial charge < -0.3 is 5.32 Å². The Morgan fingerprint density at radius 2 is 1.92 bits per heavy atom. The molecule has 1 atom stereocenters. The van der Waals surface area contributed by atoms with Crippen molar-refractivity contribution in [3.63, 3.8) is 0 Å². The summed E-state index contributed by atoms with van der Waals surface area (Å²) in [7, 11) is 0. The van der Waals surface area contributed by atoms with Crippen LogP contribution in [0.1, 0.15) is 20.8 Å². The SMILES string of the molecule is CC(C)N1CCNC[C@@H]1C.Cl.Cl. The molecule has 76 valence electrons. The van der Waals surface area contributed by atoms with Gasteiger partial charge in [0.2, 0.25) is 0 Å². The number of halogens is 2. The van der Waals surface area contributed by atoms with Crippen molar-refractivity contribution in [2.24, 2.45) is 0 Å². The van der Waals surface area contributed by atoms with Gasteiger partial charge >= 0.3 is 0 Å². The quantitative estimate of drug-likeness (QED) is 0.713. The number of piperazine rings is 1. The minimum atomic E-state index is 0. The molecule has 0 amide bonds. The molecular formula is C8H20Cl2N2. The lowest BCUT2D eigenvalue weighted by atomic mass is 10.2. The summed E-state index contributed by atoms with van der Waals surface area (Å²) in [5, 5.41) is 3.38. The molecule has 1 N–H and O–H groups in total. The molecule has 0 aromatic heterocycles. The molecule has 1 aliphatic rings. The second-order valence-electron chi connectivity index (χ2n) is 3.38. The van der Waals surface area contributed by atoms with Crippen molar-refractivity contribution in [1.29, 1.82) is 0 Å². The number of nitrogens with one attached hydrogen (secondary N) is 1. The first-order valence-corrected chi connectivity index (χ1v) is 4.18. The lowest BCUT2D eigenvalue weighted by Gasteiger charge is -2.36. The molecule has 2 nitrogen and oxygen atoms in total. The van der Waals surface area contributed by atoms with Gasteiger partial charge in [0.15, 0.2) is 0 Å². The Balaban J connectivity index is 0. The highest BCUT2D eigenvalue weighted by atomic mass is 35.5. The number of nitrogens with zero attached hydrogens (tertiary/aromatic N) is 1. The second kappa shape index (κ2) is 6.96. The monoisotopic (exact) mass is 214 g/mol. The van der Waals surface area contributed by atoms with Crippen molar-refractivity contribution in [2.75, 3.05) is 19.6 Å². The van der Waals surface area contributed by atoms with Crippen LogP contribution in [-0.4, -0.2) is 36.6 Å². The fourth-order valence-corrected chi connectivity index (χ4v) is 1.62. The zero-order chi connectivity index (χ0) is 7.56. The van der Waals surface area contributed by atoms with E-state index in [-0.39, 0.29) is 24.8 Å². The van der Waals surface area contributed by atoms with E-state index in [0.717, 1.165) is 13.1 Å². The summed E-state index contributed by atoms with van der Waals surface area (Å²) in [5.74, 6) is 0. The molecule has 0 saturated carbocycles. The first-order chi connectivity index (χ1) is 4.72. The maximum atomic E-state index is 3.38. The van der Waals surface area contributed by atoms with Crippen molar-refractivity contribution >= 4 is 24.8 Å². The van der Waals surface area contributed by atoms with Crippen LogP contribution < -0.4 is 5.32 Å². The Morgan fingerprint density at radius 3 is 2.25 bits per heavy atom. The fourth-order valence-electron chi connectivity index (χ4n) is 1.62. The molecule has 0 aliphatic carbocycles. The van der Waals surface area contributed by atoms with E-state index in [1.54, 1.807) is 0 Å². The summed E-state index contributed by atoms with van der Waals surface area (Å²) < 4.78 is 0. The lowest BCUT2D eigenvalue weighted by Crippen LogP contribution is -2.52. The summed E-state index contributed by atoms with van der Waals surface area (Å²) in [4.78, 5) is 2.54. The van der Waals surface area contributed by atoms with Crippen LogP contribution >= 0.6 is 24.8 Å². The van der Waals surface area contributed by atoms with E-state index in [9.17, 15) is 0 Å². The maximum Gasteiger partial charge on any atom is 0.0195 e. The van der Waals surface area contributed by atoms with Crippen LogP contribution in [0.3, 0.4) is 0 Å². The molecule has 0 aromatic rings. The van der Waals surface area contributed by atoms with Crippen LogP contribution in [0.5, 0.6) is 0 Å². The minimum absolute atomic E-state index is 0. The lowest BCUT2D eigenvalue weighted by molar-refractivity contribution is 0.135. The van der Waals surface area contributed by atoms with E-state index in [1.165, 1.54) is 6.54 Å². The highest BCUT2D eigenvalue weighted by Crippen LogP contribution is 2.06. The van der Waals surface area contributed by atoms with E-state index < -0.39 is 0 Å². The van der Waals surface area contributed by atoms with Crippen LogP contribution in [0.2, 0.25) is 0 Å². The van der Waals surface area contributed by atoms with Gasteiger partial charge in [-0.25, -0.2) is 0 Å². The Morgan fingerprint density at radius 1 is 1.33 bits per heavy atom. The van der Waals surface area contributed by atoms with Gasteiger partial charge in [-0.1, -0.05) is 0 Å². The Kier molecular flexibility index (Phi) is 8.69. The van der Waals surface area contributed by atoms with Crippen LogP contribution in [-0.2, 0) is 0 Å². The molecule has 1 rings (SSSR count). The molecule has 0 spiro atoms. The first-order valence-electron chi connectivity index (χ1n) is 4.18. The van der Waals surface area contributed by atoms with E-state index >= 15 is 0 Å². The summed E-state index contributed by atoms with van der Waals surface area (Å²) in [6.07, 6.45) is 0. The van der Waals surface area contributed by atoms with Gasteiger partial charge in [-0.05, 0) is 20.8 Å². The van der Waals surface area contributed by atoms with E-state index in [4.69, 9.17) is 0 Å². The van der Waals surface area contributed by atoms with Gasteiger partial charge in [0, 0.05) is 31.7 Å². The third-order valence-electron chi connectivity index (χ3n) is 2.22. The summed E-state index contributed by atoms with van der Waals surface area (Å²) in [6, 6.07) is 1.42. The molecule has 1 fully saturated rings. The molecule has 0 unspecified atom stereocenters. The predicted octanol–water partition coefficient (Wildman–Crippen LogP) is 1.53. The molecule has 0 aromatic carbocycles. The molecule has 1 aliphatic heterocycles. The van der Waals surface area contributed by atoms with Crippen molar-refractivity contribution in [3.8, 4) is 0 Å². The van der Waals surface area contributed by atoms with Crippen LogP contribution in [0, 0.1) is 0 Å².